The second-order valence-electron chi connectivity index (χ2n) is 2.87. The summed E-state index contributed by atoms with van der Waals surface area (Å²) in [6, 6.07) is 4.08. The Hall–Kier alpha value is -1.56. The third-order valence-corrected chi connectivity index (χ3v) is 2.46. The number of benzene rings is 1. The standard InChI is InChI=1S/C9H6BrFN2O2/c10-4-1-2-5(14)8(9(4)11)6-3-7(12)13-15-6/h1-3,14H,(H2,12,13). The number of phenolic OH excluding ortho intramolecular Hbond substituents is 1. The number of halogens is 2. The van der Waals surface area contributed by atoms with E-state index < -0.39 is 5.82 Å². The molecule has 1 heterocycles. The number of hydrogen-bond acceptors (Lipinski definition) is 4. The highest BCUT2D eigenvalue weighted by Gasteiger charge is 2.17. The zero-order valence-electron chi connectivity index (χ0n) is 7.37. The molecule has 0 spiro atoms. The van der Waals surface area contributed by atoms with Gasteiger partial charge >= 0.3 is 0 Å². The Morgan fingerprint density at radius 2 is 2.20 bits per heavy atom. The van der Waals surface area contributed by atoms with E-state index in [2.05, 4.69) is 21.1 Å². The van der Waals surface area contributed by atoms with Crippen LogP contribution < -0.4 is 5.73 Å². The van der Waals surface area contributed by atoms with Gasteiger partial charge in [0.25, 0.3) is 0 Å². The summed E-state index contributed by atoms with van der Waals surface area (Å²) in [7, 11) is 0. The van der Waals surface area contributed by atoms with Gasteiger partial charge in [-0.05, 0) is 28.1 Å². The third kappa shape index (κ3) is 1.68. The molecule has 1 aromatic heterocycles. The van der Waals surface area contributed by atoms with Crippen LogP contribution in [-0.2, 0) is 0 Å². The second-order valence-corrected chi connectivity index (χ2v) is 3.73. The molecule has 1 aromatic carbocycles. The highest BCUT2D eigenvalue weighted by Crippen LogP contribution is 2.35. The molecule has 0 aliphatic heterocycles. The van der Waals surface area contributed by atoms with Gasteiger partial charge in [-0.2, -0.15) is 0 Å². The van der Waals surface area contributed by atoms with Gasteiger partial charge in [-0.3, -0.25) is 0 Å². The molecule has 0 saturated heterocycles. The maximum absolute atomic E-state index is 13.6. The summed E-state index contributed by atoms with van der Waals surface area (Å²) in [4.78, 5) is 0. The Bertz CT molecular complexity index is 513. The predicted octanol–water partition coefficient (Wildman–Crippen LogP) is 2.53. The van der Waals surface area contributed by atoms with Crippen LogP contribution in [0.15, 0.2) is 27.2 Å². The summed E-state index contributed by atoms with van der Waals surface area (Å²) in [5, 5.41) is 12.9. The van der Waals surface area contributed by atoms with E-state index in [0.717, 1.165) is 0 Å². The molecule has 0 atom stereocenters. The van der Waals surface area contributed by atoms with Gasteiger partial charge in [-0.25, -0.2) is 4.39 Å². The van der Waals surface area contributed by atoms with Crippen molar-refractivity contribution in [1.82, 2.24) is 5.16 Å². The summed E-state index contributed by atoms with van der Waals surface area (Å²) in [5.74, 6) is -0.634. The van der Waals surface area contributed by atoms with Crippen LogP contribution in [0.1, 0.15) is 0 Å². The quantitative estimate of drug-likeness (QED) is 0.837. The van der Waals surface area contributed by atoms with Crippen LogP contribution in [0, 0.1) is 5.82 Å². The van der Waals surface area contributed by atoms with Crippen LogP contribution in [0.25, 0.3) is 11.3 Å². The number of rotatable bonds is 1. The molecule has 0 amide bonds. The van der Waals surface area contributed by atoms with Crippen molar-refractivity contribution in [2.45, 2.75) is 0 Å². The second kappa shape index (κ2) is 3.54. The highest BCUT2D eigenvalue weighted by atomic mass is 79.9. The van der Waals surface area contributed by atoms with Crippen molar-refractivity contribution in [2.24, 2.45) is 0 Å². The van der Waals surface area contributed by atoms with Crippen molar-refractivity contribution in [3.8, 4) is 17.1 Å². The topological polar surface area (TPSA) is 72.3 Å². The number of aromatic nitrogens is 1. The zero-order chi connectivity index (χ0) is 11.0. The molecule has 78 valence electrons. The van der Waals surface area contributed by atoms with E-state index in [1.807, 2.05) is 0 Å². The van der Waals surface area contributed by atoms with Gasteiger partial charge in [0, 0.05) is 6.07 Å². The van der Waals surface area contributed by atoms with Crippen LogP contribution in [0.3, 0.4) is 0 Å². The molecule has 0 saturated carbocycles. The lowest BCUT2D eigenvalue weighted by atomic mass is 10.1. The lowest BCUT2D eigenvalue weighted by molar-refractivity contribution is 0.424. The molecule has 0 aliphatic carbocycles. The van der Waals surface area contributed by atoms with E-state index in [9.17, 15) is 9.50 Å². The van der Waals surface area contributed by atoms with E-state index >= 15 is 0 Å². The molecule has 0 fully saturated rings. The molecule has 2 rings (SSSR count). The lowest BCUT2D eigenvalue weighted by Crippen LogP contribution is -1.85. The molecule has 2 aromatic rings. The van der Waals surface area contributed by atoms with Gasteiger partial charge in [-0.15, -0.1) is 0 Å². The summed E-state index contributed by atoms with van der Waals surface area (Å²) in [5.41, 5.74) is 5.27. The van der Waals surface area contributed by atoms with Crippen molar-refractivity contribution in [1.29, 1.82) is 0 Å². The number of nitrogens with two attached hydrogens (primary N) is 1. The first kappa shape index (κ1) is 9.97. The molecule has 0 radical (unpaired) electrons. The van der Waals surface area contributed by atoms with Gasteiger partial charge in [-0.1, -0.05) is 5.16 Å². The minimum Gasteiger partial charge on any atom is -0.507 e. The summed E-state index contributed by atoms with van der Waals surface area (Å²) in [6.45, 7) is 0. The monoisotopic (exact) mass is 272 g/mol. The van der Waals surface area contributed by atoms with Crippen LogP contribution in [0.2, 0.25) is 0 Å². The Balaban J connectivity index is 2.66. The maximum atomic E-state index is 13.6. The third-order valence-electron chi connectivity index (χ3n) is 1.85. The number of nitrogen functional groups attached to an aromatic ring is 1. The smallest absolute Gasteiger partial charge is 0.175 e. The fraction of sp³-hybridized carbons (Fsp3) is 0. The van der Waals surface area contributed by atoms with Crippen molar-refractivity contribution in [2.75, 3.05) is 5.73 Å². The summed E-state index contributed by atoms with van der Waals surface area (Å²) in [6.07, 6.45) is 0. The molecule has 0 aliphatic rings. The van der Waals surface area contributed by atoms with Crippen LogP contribution in [-0.4, -0.2) is 10.3 Å². The number of aromatic hydroxyl groups is 1. The van der Waals surface area contributed by atoms with E-state index in [4.69, 9.17) is 10.3 Å². The Labute approximate surface area is 92.6 Å². The molecule has 0 bridgehead atoms. The SMILES string of the molecule is Nc1cc(-c2c(O)ccc(Br)c2F)on1. The Kier molecular flexibility index (Phi) is 2.36. The van der Waals surface area contributed by atoms with Crippen LogP contribution in [0.5, 0.6) is 5.75 Å². The molecule has 3 N–H and O–H groups in total. The van der Waals surface area contributed by atoms with Crippen molar-refractivity contribution < 1.29 is 14.0 Å². The molecular weight excluding hydrogens is 267 g/mol. The number of nitrogens with zero attached hydrogens (tertiary/aromatic N) is 1. The molecule has 0 unspecified atom stereocenters. The van der Waals surface area contributed by atoms with Crippen LogP contribution in [0.4, 0.5) is 10.2 Å². The first-order valence-electron chi connectivity index (χ1n) is 3.99. The first-order valence-corrected chi connectivity index (χ1v) is 4.78. The molecule has 15 heavy (non-hydrogen) atoms. The highest BCUT2D eigenvalue weighted by molar-refractivity contribution is 9.10. The number of phenols is 1. The lowest BCUT2D eigenvalue weighted by Gasteiger charge is -2.03. The van der Waals surface area contributed by atoms with Crippen molar-refractivity contribution in [3.63, 3.8) is 0 Å². The molecular formula is C9H6BrFN2O2. The average molecular weight is 273 g/mol. The zero-order valence-corrected chi connectivity index (χ0v) is 8.95. The fourth-order valence-corrected chi connectivity index (χ4v) is 1.51. The van der Waals surface area contributed by atoms with E-state index in [-0.39, 0.29) is 27.4 Å². The largest absolute Gasteiger partial charge is 0.507 e. The Morgan fingerprint density at radius 1 is 1.47 bits per heavy atom. The van der Waals surface area contributed by atoms with E-state index in [0.29, 0.717) is 0 Å². The predicted molar refractivity (Wildman–Crippen MR) is 55.7 cm³/mol. The van der Waals surface area contributed by atoms with Gasteiger partial charge in [0.05, 0.1) is 10.0 Å². The first-order chi connectivity index (χ1) is 7.09. The van der Waals surface area contributed by atoms with Gasteiger partial charge in [0.1, 0.15) is 5.75 Å². The summed E-state index contributed by atoms with van der Waals surface area (Å²) >= 11 is 3.00. The maximum Gasteiger partial charge on any atom is 0.175 e. The number of hydrogen-bond donors (Lipinski definition) is 2. The van der Waals surface area contributed by atoms with Gasteiger partial charge in [0.15, 0.2) is 17.4 Å². The minimum atomic E-state index is -0.619. The van der Waals surface area contributed by atoms with Crippen LogP contribution >= 0.6 is 15.9 Å². The van der Waals surface area contributed by atoms with E-state index in [1.165, 1.54) is 18.2 Å². The summed E-state index contributed by atoms with van der Waals surface area (Å²) < 4.78 is 18.6. The minimum absolute atomic E-state index is 0.0615. The van der Waals surface area contributed by atoms with Gasteiger partial charge < -0.3 is 15.4 Å². The normalized spacial score (nSPS) is 10.5. The number of anilines is 1. The van der Waals surface area contributed by atoms with E-state index in [1.54, 1.807) is 0 Å². The van der Waals surface area contributed by atoms with Gasteiger partial charge in [0.2, 0.25) is 0 Å². The molecule has 6 heteroatoms. The Morgan fingerprint density at radius 3 is 2.80 bits per heavy atom. The van der Waals surface area contributed by atoms with Crippen molar-refractivity contribution >= 4 is 21.7 Å². The van der Waals surface area contributed by atoms with Crippen molar-refractivity contribution in [3.05, 3.63) is 28.5 Å². The molecule has 4 nitrogen and oxygen atoms in total. The fourth-order valence-electron chi connectivity index (χ4n) is 1.18. The average Bonchev–Trinajstić information content (AvgIpc) is 2.59.